The largest absolute Gasteiger partial charge is 0.367 e. The molecule has 0 aliphatic heterocycles. The number of hydrogen-bond donors (Lipinski definition) is 1. The van der Waals surface area contributed by atoms with E-state index in [1.165, 1.54) is 25.7 Å². The Balaban J connectivity index is 2.11. The average molecular weight is 296 g/mol. The molecular formula is C16H26ClN3. The lowest BCUT2D eigenvalue weighted by molar-refractivity contribution is 0.253. The maximum Gasteiger partial charge on any atom is 0.134 e. The average Bonchev–Trinajstić information content (AvgIpc) is 2.38. The van der Waals surface area contributed by atoms with Crippen LogP contribution in [0.15, 0.2) is 6.07 Å². The molecule has 1 aliphatic carbocycles. The number of halogens is 1. The molecule has 0 radical (unpaired) electrons. The summed E-state index contributed by atoms with van der Waals surface area (Å²) in [6.45, 7) is 6.77. The minimum absolute atomic E-state index is 0.518. The minimum atomic E-state index is 0.518. The van der Waals surface area contributed by atoms with Crippen molar-refractivity contribution < 1.29 is 0 Å². The highest BCUT2D eigenvalue weighted by Crippen LogP contribution is 2.32. The third-order valence-corrected chi connectivity index (χ3v) is 4.42. The fourth-order valence-corrected chi connectivity index (χ4v) is 3.40. The molecule has 0 spiro atoms. The number of rotatable bonds is 5. The molecule has 112 valence electrons. The maximum absolute atomic E-state index is 6.11. The molecule has 0 aromatic carbocycles. The van der Waals surface area contributed by atoms with E-state index in [4.69, 9.17) is 11.6 Å². The molecule has 0 amide bonds. The van der Waals surface area contributed by atoms with Gasteiger partial charge in [-0.1, -0.05) is 45.2 Å². The first-order valence-electron chi connectivity index (χ1n) is 7.90. The summed E-state index contributed by atoms with van der Waals surface area (Å²) in [5.74, 6) is 3.18. The zero-order chi connectivity index (χ0) is 14.5. The van der Waals surface area contributed by atoms with Crippen LogP contribution in [0, 0.1) is 11.8 Å². The van der Waals surface area contributed by atoms with Crippen molar-refractivity contribution in [2.75, 3.05) is 5.32 Å². The Morgan fingerprint density at radius 1 is 1.30 bits per heavy atom. The lowest BCUT2D eigenvalue weighted by atomic mass is 9.78. The van der Waals surface area contributed by atoms with Gasteiger partial charge in [-0.05, 0) is 31.1 Å². The summed E-state index contributed by atoms with van der Waals surface area (Å²) >= 11 is 6.11. The molecule has 4 heteroatoms. The fraction of sp³-hybridized carbons (Fsp3) is 0.750. The van der Waals surface area contributed by atoms with Crippen LogP contribution >= 0.6 is 11.6 Å². The van der Waals surface area contributed by atoms with Gasteiger partial charge in [0.1, 0.15) is 16.8 Å². The molecule has 2 atom stereocenters. The van der Waals surface area contributed by atoms with Crippen molar-refractivity contribution in [2.45, 2.75) is 65.3 Å². The van der Waals surface area contributed by atoms with Gasteiger partial charge < -0.3 is 5.32 Å². The predicted molar refractivity (Wildman–Crippen MR) is 85.2 cm³/mol. The van der Waals surface area contributed by atoms with Crippen LogP contribution in [0.4, 0.5) is 5.82 Å². The molecule has 1 heterocycles. The van der Waals surface area contributed by atoms with Crippen molar-refractivity contribution in [1.82, 2.24) is 9.97 Å². The van der Waals surface area contributed by atoms with Gasteiger partial charge in [0.2, 0.25) is 0 Å². The van der Waals surface area contributed by atoms with E-state index in [1.54, 1.807) is 0 Å². The molecule has 0 bridgehead atoms. The number of aromatic nitrogens is 2. The van der Waals surface area contributed by atoms with Crippen LogP contribution in [0.25, 0.3) is 0 Å². The first-order chi connectivity index (χ1) is 9.60. The summed E-state index contributed by atoms with van der Waals surface area (Å²) in [5.41, 5.74) is 0. The van der Waals surface area contributed by atoms with Gasteiger partial charge in [0, 0.05) is 18.5 Å². The van der Waals surface area contributed by atoms with Crippen LogP contribution in [0.1, 0.15) is 58.7 Å². The smallest absolute Gasteiger partial charge is 0.134 e. The molecule has 20 heavy (non-hydrogen) atoms. The summed E-state index contributed by atoms with van der Waals surface area (Å²) < 4.78 is 0. The Bertz CT molecular complexity index is 434. The number of nitrogens with zero attached hydrogens (tertiary/aromatic N) is 2. The third-order valence-electron chi connectivity index (χ3n) is 4.22. The van der Waals surface area contributed by atoms with Gasteiger partial charge in [-0.15, -0.1) is 0 Å². The van der Waals surface area contributed by atoms with Crippen LogP contribution in [0.2, 0.25) is 5.15 Å². The van der Waals surface area contributed by atoms with Crippen LogP contribution in [-0.4, -0.2) is 16.0 Å². The van der Waals surface area contributed by atoms with Crippen LogP contribution in [0.3, 0.4) is 0 Å². The van der Waals surface area contributed by atoms with E-state index in [1.807, 2.05) is 6.07 Å². The summed E-state index contributed by atoms with van der Waals surface area (Å²) in [6, 6.07) is 2.37. The number of anilines is 1. The molecule has 1 saturated carbocycles. The minimum Gasteiger partial charge on any atom is -0.367 e. The first kappa shape index (κ1) is 15.6. The summed E-state index contributed by atoms with van der Waals surface area (Å²) in [6.07, 6.45) is 7.13. The zero-order valence-electron chi connectivity index (χ0n) is 12.8. The monoisotopic (exact) mass is 295 g/mol. The summed E-state index contributed by atoms with van der Waals surface area (Å²) in [7, 11) is 0. The molecule has 3 nitrogen and oxygen atoms in total. The van der Waals surface area contributed by atoms with E-state index >= 15 is 0 Å². The van der Waals surface area contributed by atoms with Crippen LogP contribution < -0.4 is 5.32 Å². The molecule has 1 aromatic rings. The van der Waals surface area contributed by atoms with E-state index < -0.39 is 0 Å². The van der Waals surface area contributed by atoms with Gasteiger partial charge in [0.05, 0.1) is 0 Å². The molecular weight excluding hydrogens is 270 g/mol. The highest BCUT2D eigenvalue weighted by molar-refractivity contribution is 6.29. The Hall–Kier alpha value is -0.830. The molecule has 1 fully saturated rings. The first-order valence-corrected chi connectivity index (χ1v) is 8.28. The quantitative estimate of drug-likeness (QED) is 0.800. The number of hydrogen-bond acceptors (Lipinski definition) is 3. The predicted octanol–water partition coefficient (Wildman–Crippen LogP) is 4.71. The molecule has 1 aliphatic rings. The topological polar surface area (TPSA) is 37.8 Å². The molecule has 2 unspecified atom stereocenters. The molecule has 1 aromatic heterocycles. The van der Waals surface area contributed by atoms with E-state index in [0.29, 0.717) is 17.1 Å². The highest BCUT2D eigenvalue weighted by Gasteiger charge is 2.27. The molecule has 2 rings (SSSR count). The van der Waals surface area contributed by atoms with Gasteiger partial charge in [-0.2, -0.15) is 0 Å². The summed E-state index contributed by atoms with van der Waals surface area (Å²) in [4.78, 5) is 8.89. The molecule has 0 saturated heterocycles. The standard InChI is InChI=1S/C16H26ClN3/c1-4-7-15-19-14(17)10-16(20-15)18-13-9-6-5-8-12(13)11(2)3/h10-13H,4-9H2,1-3H3,(H,18,19,20). The van der Waals surface area contributed by atoms with E-state index in [9.17, 15) is 0 Å². The third kappa shape index (κ3) is 4.08. The van der Waals surface area contributed by atoms with E-state index in [0.717, 1.165) is 30.4 Å². The second-order valence-corrected chi connectivity index (χ2v) is 6.57. The van der Waals surface area contributed by atoms with Gasteiger partial charge in [0.25, 0.3) is 0 Å². The fourth-order valence-electron chi connectivity index (χ4n) is 3.20. The highest BCUT2D eigenvalue weighted by atomic mass is 35.5. The van der Waals surface area contributed by atoms with Crippen molar-refractivity contribution in [3.05, 3.63) is 17.0 Å². The SMILES string of the molecule is CCCc1nc(Cl)cc(NC2CCCCC2C(C)C)n1. The van der Waals surface area contributed by atoms with E-state index in [-0.39, 0.29) is 0 Å². The van der Waals surface area contributed by atoms with Crippen molar-refractivity contribution >= 4 is 17.4 Å². The lowest BCUT2D eigenvalue weighted by Crippen LogP contribution is -2.35. The Kier molecular flexibility index (Phi) is 5.64. The van der Waals surface area contributed by atoms with Crippen molar-refractivity contribution in [3.8, 4) is 0 Å². The molecule has 1 N–H and O–H groups in total. The second-order valence-electron chi connectivity index (χ2n) is 6.19. The second kappa shape index (κ2) is 7.26. The Labute approximate surface area is 127 Å². The van der Waals surface area contributed by atoms with Gasteiger partial charge in [0.15, 0.2) is 0 Å². The van der Waals surface area contributed by atoms with Crippen LogP contribution in [-0.2, 0) is 6.42 Å². The van der Waals surface area contributed by atoms with Gasteiger partial charge in [-0.25, -0.2) is 9.97 Å². The zero-order valence-corrected chi connectivity index (χ0v) is 13.6. The van der Waals surface area contributed by atoms with Crippen molar-refractivity contribution in [1.29, 1.82) is 0 Å². The number of nitrogens with one attached hydrogen (secondary N) is 1. The maximum atomic E-state index is 6.11. The van der Waals surface area contributed by atoms with Gasteiger partial charge >= 0.3 is 0 Å². The number of aryl methyl sites for hydroxylation is 1. The van der Waals surface area contributed by atoms with Crippen molar-refractivity contribution in [3.63, 3.8) is 0 Å². The van der Waals surface area contributed by atoms with E-state index in [2.05, 4.69) is 36.1 Å². The Morgan fingerprint density at radius 2 is 2.05 bits per heavy atom. The normalized spacial score (nSPS) is 23.1. The summed E-state index contributed by atoms with van der Waals surface area (Å²) in [5, 5.41) is 4.16. The lowest BCUT2D eigenvalue weighted by Gasteiger charge is -2.35. The van der Waals surface area contributed by atoms with Gasteiger partial charge in [-0.3, -0.25) is 0 Å². The Morgan fingerprint density at radius 3 is 2.75 bits per heavy atom. The van der Waals surface area contributed by atoms with Crippen LogP contribution in [0.5, 0.6) is 0 Å². The van der Waals surface area contributed by atoms with Crippen molar-refractivity contribution in [2.24, 2.45) is 11.8 Å².